The van der Waals surface area contributed by atoms with Crippen molar-refractivity contribution in [2.75, 3.05) is 0 Å². The molecule has 1 saturated carbocycles. The number of nitrogens with zero attached hydrogens (tertiary/aromatic N) is 3. The van der Waals surface area contributed by atoms with E-state index in [1.807, 2.05) is 31.2 Å². The largest absolute Gasteiger partial charge is 0.476 e. The molecule has 1 aliphatic rings. The summed E-state index contributed by atoms with van der Waals surface area (Å²) in [4.78, 5) is 11.5. The molecule has 1 aromatic carbocycles. The normalized spacial score (nSPS) is 16.0. The number of benzene rings is 1. The van der Waals surface area contributed by atoms with Gasteiger partial charge in [-0.15, -0.1) is 5.10 Å². The van der Waals surface area contributed by atoms with Gasteiger partial charge in [0.25, 0.3) is 0 Å². The number of aromatic carboxylic acids is 1. The maximum Gasteiger partial charge on any atom is 0.358 e. The van der Waals surface area contributed by atoms with Crippen molar-refractivity contribution in [1.82, 2.24) is 15.0 Å². The van der Waals surface area contributed by atoms with Crippen molar-refractivity contribution in [3.63, 3.8) is 0 Å². The lowest BCUT2D eigenvalue weighted by molar-refractivity contribution is 0.0688. The molecule has 0 bridgehead atoms. The van der Waals surface area contributed by atoms with Crippen LogP contribution in [-0.2, 0) is 0 Å². The van der Waals surface area contributed by atoms with E-state index in [4.69, 9.17) is 0 Å². The van der Waals surface area contributed by atoms with Gasteiger partial charge in [0.15, 0.2) is 5.69 Å². The lowest BCUT2D eigenvalue weighted by Gasteiger charge is -2.22. The summed E-state index contributed by atoms with van der Waals surface area (Å²) in [6.07, 6.45) is 5.54. The molecule has 1 heterocycles. The second kappa shape index (κ2) is 5.68. The zero-order valence-corrected chi connectivity index (χ0v) is 12.1. The number of hydrogen-bond acceptors (Lipinski definition) is 3. The van der Waals surface area contributed by atoms with Gasteiger partial charge in [-0.25, -0.2) is 9.48 Å². The van der Waals surface area contributed by atoms with Crippen LogP contribution in [0.4, 0.5) is 0 Å². The third kappa shape index (κ3) is 2.68. The minimum Gasteiger partial charge on any atom is -0.476 e. The number of aryl methyl sites for hydroxylation is 1. The fourth-order valence-electron chi connectivity index (χ4n) is 3.13. The van der Waals surface area contributed by atoms with Crippen molar-refractivity contribution in [3.8, 4) is 5.69 Å². The molecule has 0 atom stereocenters. The maximum absolute atomic E-state index is 11.5. The van der Waals surface area contributed by atoms with Gasteiger partial charge < -0.3 is 5.11 Å². The van der Waals surface area contributed by atoms with Crippen molar-refractivity contribution in [1.29, 1.82) is 0 Å². The van der Waals surface area contributed by atoms with E-state index in [1.165, 1.54) is 6.42 Å². The Morgan fingerprint density at radius 1 is 1.29 bits per heavy atom. The van der Waals surface area contributed by atoms with Gasteiger partial charge in [-0.2, -0.15) is 0 Å². The Labute approximate surface area is 123 Å². The number of carbonyl (C=O) groups is 1. The predicted octanol–water partition coefficient (Wildman–Crippen LogP) is 3.32. The summed E-state index contributed by atoms with van der Waals surface area (Å²) < 4.78 is 1.71. The topological polar surface area (TPSA) is 68.0 Å². The van der Waals surface area contributed by atoms with Crippen molar-refractivity contribution in [2.45, 2.75) is 44.9 Å². The van der Waals surface area contributed by atoms with E-state index in [2.05, 4.69) is 10.3 Å². The highest BCUT2D eigenvalue weighted by molar-refractivity contribution is 5.86. The number of hydrogen-bond donors (Lipinski definition) is 1. The summed E-state index contributed by atoms with van der Waals surface area (Å²) >= 11 is 0. The molecule has 0 radical (unpaired) electrons. The first-order chi connectivity index (χ1) is 10.2. The van der Waals surface area contributed by atoms with Crippen molar-refractivity contribution in [2.24, 2.45) is 0 Å². The summed E-state index contributed by atoms with van der Waals surface area (Å²) in [5.74, 6) is -0.755. The minimum absolute atomic E-state index is 0.100. The summed E-state index contributed by atoms with van der Waals surface area (Å²) in [5.41, 5.74) is 2.86. The molecular weight excluding hydrogens is 266 g/mol. The molecule has 0 aliphatic heterocycles. The Morgan fingerprint density at radius 2 is 2.05 bits per heavy atom. The molecule has 0 spiro atoms. The van der Waals surface area contributed by atoms with Gasteiger partial charge in [-0.1, -0.05) is 36.6 Å². The zero-order chi connectivity index (χ0) is 14.8. The summed E-state index contributed by atoms with van der Waals surface area (Å²) in [6, 6.07) is 7.92. The van der Waals surface area contributed by atoms with E-state index in [9.17, 15) is 9.90 Å². The fourth-order valence-corrected chi connectivity index (χ4v) is 3.13. The minimum atomic E-state index is -0.991. The van der Waals surface area contributed by atoms with Gasteiger partial charge in [-0.3, -0.25) is 0 Å². The molecule has 0 saturated heterocycles. The Hall–Kier alpha value is -2.17. The van der Waals surface area contributed by atoms with Crippen molar-refractivity contribution in [3.05, 3.63) is 41.2 Å². The molecule has 5 nitrogen and oxygen atoms in total. The summed E-state index contributed by atoms with van der Waals surface area (Å²) in [7, 11) is 0. The second-order valence-electron chi connectivity index (χ2n) is 5.71. The molecule has 0 unspecified atom stereocenters. The van der Waals surface area contributed by atoms with Crippen molar-refractivity contribution < 1.29 is 9.90 Å². The molecule has 1 aromatic heterocycles. The van der Waals surface area contributed by atoms with E-state index < -0.39 is 5.97 Å². The first kappa shape index (κ1) is 13.8. The smallest absolute Gasteiger partial charge is 0.358 e. The van der Waals surface area contributed by atoms with Gasteiger partial charge in [-0.05, 0) is 37.5 Å². The van der Waals surface area contributed by atoms with Crippen LogP contribution in [0.1, 0.15) is 59.8 Å². The highest BCUT2D eigenvalue weighted by Gasteiger charge is 2.28. The average molecular weight is 285 g/mol. The van der Waals surface area contributed by atoms with E-state index in [0.29, 0.717) is 0 Å². The third-order valence-corrected chi connectivity index (χ3v) is 4.15. The van der Waals surface area contributed by atoms with Gasteiger partial charge in [0.2, 0.25) is 0 Å². The van der Waals surface area contributed by atoms with Crippen molar-refractivity contribution >= 4 is 5.97 Å². The Balaban J connectivity index is 2.10. The molecule has 110 valence electrons. The highest BCUT2D eigenvalue weighted by atomic mass is 16.4. The zero-order valence-electron chi connectivity index (χ0n) is 12.1. The lowest BCUT2D eigenvalue weighted by atomic mass is 9.86. The summed E-state index contributed by atoms with van der Waals surface area (Å²) in [5, 5.41) is 17.4. The summed E-state index contributed by atoms with van der Waals surface area (Å²) in [6.45, 7) is 2.01. The quantitative estimate of drug-likeness (QED) is 0.939. The van der Waals surface area contributed by atoms with E-state index >= 15 is 0 Å². The predicted molar refractivity (Wildman–Crippen MR) is 78.9 cm³/mol. The van der Waals surface area contributed by atoms with E-state index in [1.54, 1.807) is 4.68 Å². The number of carboxylic acid groups (broad SMARTS) is 1. The molecule has 1 aliphatic carbocycles. The van der Waals surface area contributed by atoms with Gasteiger partial charge in [0, 0.05) is 5.92 Å². The van der Waals surface area contributed by atoms with Crippen LogP contribution in [0.3, 0.4) is 0 Å². The molecule has 5 heteroatoms. The molecule has 21 heavy (non-hydrogen) atoms. The SMILES string of the molecule is Cc1cccc(-n2nnc(C(=O)O)c2C2CCCCC2)c1. The molecule has 1 N–H and O–H groups in total. The average Bonchev–Trinajstić information content (AvgIpc) is 2.93. The fraction of sp³-hybridized carbons (Fsp3) is 0.438. The first-order valence-electron chi connectivity index (χ1n) is 7.43. The third-order valence-electron chi connectivity index (χ3n) is 4.15. The van der Waals surface area contributed by atoms with Crippen LogP contribution in [-0.4, -0.2) is 26.1 Å². The number of carboxylic acids is 1. The van der Waals surface area contributed by atoms with Crippen LogP contribution in [0.15, 0.2) is 24.3 Å². The van der Waals surface area contributed by atoms with Crippen LogP contribution in [0.5, 0.6) is 0 Å². The molecular formula is C16H19N3O2. The molecule has 3 rings (SSSR count). The molecule has 0 amide bonds. The Morgan fingerprint density at radius 3 is 2.71 bits per heavy atom. The Bertz CT molecular complexity index is 657. The van der Waals surface area contributed by atoms with Gasteiger partial charge >= 0.3 is 5.97 Å². The maximum atomic E-state index is 11.5. The van der Waals surface area contributed by atoms with Crippen LogP contribution in [0.25, 0.3) is 5.69 Å². The van der Waals surface area contributed by atoms with E-state index in [-0.39, 0.29) is 11.6 Å². The standard InChI is InChI=1S/C16H19N3O2/c1-11-6-5-9-13(10-11)19-15(12-7-3-2-4-8-12)14(16(20)21)17-18-19/h5-6,9-10,12H,2-4,7-8H2,1H3,(H,20,21). The van der Waals surface area contributed by atoms with Crippen LogP contribution >= 0.6 is 0 Å². The van der Waals surface area contributed by atoms with Crippen LogP contribution in [0, 0.1) is 6.92 Å². The lowest BCUT2D eigenvalue weighted by Crippen LogP contribution is -2.14. The van der Waals surface area contributed by atoms with E-state index in [0.717, 1.165) is 42.6 Å². The van der Waals surface area contributed by atoms with Crippen LogP contribution in [0.2, 0.25) is 0 Å². The number of aromatic nitrogens is 3. The Kier molecular flexibility index (Phi) is 3.73. The molecule has 1 fully saturated rings. The number of rotatable bonds is 3. The van der Waals surface area contributed by atoms with Gasteiger partial charge in [0.05, 0.1) is 11.4 Å². The molecule has 2 aromatic rings. The van der Waals surface area contributed by atoms with Gasteiger partial charge in [0.1, 0.15) is 0 Å². The van der Waals surface area contributed by atoms with Crippen LogP contribution < -0.4 is 0 Å². The highest BCUT2D eigenvalue weighted by Crippen LogP contribution is 2.34. The second-order valence-corrected chi connectivity index (χ2v) is 5.71. The first-order valence-corrected chi connectivity index (χ1v) is 7.43. The monoisotopic (exact) mass is 285 g/mol.